The van der Waals surface area contributed by atoms with Crippen molar-refractivity contribution in [3.63, 3.8) is 0 Å². The van der Waals surface area contributed by atoms with Gasteiger partial charge < -0.3 is 15.4 Å². The van der Waals surface area contributed by atoms with Gasteiger partial charge in [-0.2, -0.15) is 0 Å². The number of nitrogens with zero attached hydrogens (tertiary/aromatic N) is 1. The van der Waals surface area contributed by atoms with Crippen LogP contribution in [0.5, 0.6) is 0 Å². The first kappa shape index (κ1) is 19.8. The van der Waals surface area contributed by atoms with Crippen LogP contribution in [0.2, 0.25) is 0 Å². The van der Waals surface area contributed by atoms with E-state index in [0.29, 0.717) is 17.9 Å². The molecule has 2 rings (SSSR count). The molecule has 2 atom stereocenters. The van der Waals surface area contributed by atoms with E-state index in [2.05, 4.69) is 10.6 Å². The molecule has 0 saturated carbocycles. The predicted molar refractivity (Wildman–Crippen MR) is 98.6 cm³/mol. The maximum atomic E-state index is 11.6. The number of nitro groups is 1. The lowest BCUT2D eigenvalue weighted by molar-refractivity contribution is -0.384. The fourth-order valence-corrected chi connectivity index (χ4v) is 3.03. The molecule has 0 radical (unpaired) electrons. The molecule has 0 spiro atoms. The van der Waals surface area contributed by atoms with Gasteiger partial charge in [0.1, 0.15) is 6.61 Å². The van der Waals surface area contributed by atoms with E-state index in [1.54, 1.807) is 12.1 Å². The summed E-state index contributed by atoms with van der Waals surface area (Å²) in [6, 6.07) is 5.95. The molecule has 2 amide bonds. The average Bonchev–Trinajstić information content (AvgIpc) is 2.62. The zero-order valence-electron chi connectivity index (χ0n) is 14.3. The molecule has 26 heavy (non-hydrogen) atoms. The summed E-state index contributed by atoms with van der Waals surface area (Å²) >= 11 is 1.54. The minimum absolute atomic E-state index is 0.00462. The van der Waals surface area contributed by atoms with Crippen LogP contribution in [-0.2, 0) is 16.1 Å². The van der Waals surface area contributed by atoms with Crippen molar-refractivity contribution in [2.75, 3.05) is 12.3 Å². The topological polar surface area (TPSA) is 111 Å². The lowest BCUT2D eigenvalue weighted by Gasteiger charge is -2.33. The summed E-state index contributed by atoms with van der Waals surface area (Å²) in [6.45, 7) is 2.49. The number of nitrogens with one attached hydrogen (secondary N) is 2. The molecule has 1 aliphatic rings. The monoisotopic (exact) mass is 379 g/mol. The summed E-state index contributed by atoms with van der Waals surface area (Å²) in [5.41, 5.74) is 0.672. The van der Waals surface area contributed by atoms with E-state index < -0.39 is 11.0 Å². The Morgan fingerprint density at radius 2 is 2.15 bits per heavy atom. The molecule has 2 N–H and O–H groups in total. The zero-order chi connectivity index (χ0) is 18.9. The number of carbonyl (C=O) groups excluding carboxylic acids is 2. The Morgan fingerprint density at radius 3 is 2.77 bits per heavy atom. The third-order valence-corrected chi connectivity index (χ3v) is 4.70. The molecular formula is C17H21N3O5S. The summed E-state index contributed by atoms with van der Waals surface area (Å²) in [5.74, 6) is 0.851. The molecular weight excluding hydrogens is 358 g/mol. The molecule has 1 saturated heterocycles. The molecule has 1 aromatic rings. The summed E-state index contributed by atoms with van der Waals surface area (Å²) in [5, 5.41) is 17.9. The highest BCUT2D eigenvalue weighted by Crippen LogP contribution is 2.20. The second-order valence-corrected chi connectivity index (χ2v) is 6.69. The van der Waals surface area contributed by atoms with E-state index in [0.717, 1.165) is 6.42 Å². The Morgan fingerprint density at radius 1 is 1.42 bits per heavy atom. The predicted octanol–water partition coefficient (Wildman–Crippen LogP) is 2.59. The molecule has 140 valence electrons. The maximum absolute atomic E-state index is 11.6. The Hall–Kier alpha value is -2.55. The summed E-state index contributed by atoms with van der Waals surface area (Å²) < 4.78 is 5.05. The summed E-state index contributed by atoms with van der Waals surface area (Å²) in [7, 11) is 0. The van der Waals surface area contributed by atoms with Crippen LogP contribution >= 0.6 is 11.8 Å². The standard InChI is InChI=1S/C17H21N3O5S/c1-2-14-15(19-16(14)21)7-9-26-10-8-18-17(22)25-11-12-3-5-13(6-4-12)20(23)24/h3-7,9,14-15H,2,8,10-11H2,1H3,(H,18,22)(H,19,21)/b9-7+. The number of benzene rings is 1. The van der Waals surface area contributed by atoms with Gasteiger partial charge in [0.05, 0.1) is 16.9 Å². The van der Waals surface area contributed by atoms with E-state index >= 15 is 0 Å². The van der Waals surface area contributed by atoms with Crippen molar-refractivity contribution in [1.29, 1.82) is 0 Å². The van der Waals surface area contributed by atoms with Crippen LogP contribution in [-0.4, -0.2) is 35.3 Å². The number of amides is 2. The zero-order valence-corrected chi connectivity index (χ0v) is 15.2. The first-order valence-corrected chi connectivity index (χ1v) is 9.28. The van der Waals surface area contributed by atoms with Crippen LogP contribution in [0, 0.1) is 16.0 Å². The van der Waals surface area contributed by atoms with Gasteiger partial charge in [0.15, 0.2) is 0 Å². The van der Waals surface area contributed by atoms with Crippen LogP contribution in [0.15, 0.2) is 35.7 Å². The van der Waals surface area contributed by atoms with Crippen LogP contribution in [0.25, 0.3) is 0 Å². The summed E-state index contributed by atoms with van der Waals surface area (Å²) in [4.78, 5) is 32.9. The van der Waals surface area contributed by atoms with Gasteiger partial charge in [0.2, 0.25) is 5.91 Å². The average molecular weight is 379 g/mol. The van der Waals surface area contributed by atoms with Gasteiger partial charge in [-0.3, -0.25) is 14.9 Å². The highest BCUT2D eigenvalue weighted by Gasteiger charge is 2.35. The molecule has 9 heteroatoms. The van der Waals surface area contributed by atoms with Gasteiger partial charge >= 0.3 is 6.09 Å². The van der Waals surface area contributed by atoms with Crippen LogP contribution in [0.3, 0.4) is 0 Å². The van der Waals surface area contributed by atoms with Crippen molar-refractivity contribution in [3.8, 4) is 0 Å². The number of β-lactam (4-membered cyclic amide) rings is 1. The molecule has 0 bridgehead atoms. The number of alkyl carbamates (subject to hydrolysis) is 1. The third kappa shape index (κ3) is 5.76. The number of rotatable bonds is 9. The van der Waals surface area contributed by atoms with Crippen molar-refractivity contribution in [1.82, 2.24) is 10.6 Å². The quantitative estimate of drug-likeness (QED) is 0.295. The second-order valence-electron chi connectivity index (χ2n) is 5.67. The van der Waals surface area contributed by atoms with E-state index in [1.807, 2.05) is 18.4 Å². The highest BCUT2D eigenvalue weighted by atomic mass is 32.2. The SMILES string of the molecule is CCC1C(=O)NC1/C=C/SCCNC(=O)OCc1ccc([N+](=O)[O-])cc1. The molecule has 2 unspecified atom stereocenters. The molecule has 1 aliphatic heterocycles. The fourth-order valence-electron chi connectivity index (χ4n) is 2.39. The van der Waals surface area contributed by atoms with Gasteiger partial charge in [-0.1, -0.05) is 13.0 Å². The number of ether oxygens (including phenoxy) is 1. The minimum Gasteiger partial charge on any atom is -0.445 e. The first-order valence-electron chi connectivity index (χ1n) is 8.24. The van der Waals surface area contributed by atoms with Gasteiger partial charge in [-0.05, 0) is 29.5 Å². The largest absolute Gasteiger partial charge is 0.445 e. The molecule has 1 heterocycles. The normalized spacial score (nSPS) is 18.9. The lowest BCUT2D eigenvalue weighted by atomic mass is 9.88. The summed E-state index contributed by atoms with van der Waals surface area (Å²) in [6.07, 6.45) is 2.26. The van der Waals surface area contributed by atoms with Gasteiger partial charge in [0, 0.05) is 24.4 Å². The third-order valence-electron chi connectivity index (χ3n) is 3.91. The fraction of sp³-hybridized carbons (Fsp3) is 0.412. The van der Waals surface area contributed by atoms with Gasteiger partial charge in [0.25, 0.3) is 5.69 Å². The van der Waals surface area contributed by atoms with Crippen molar-refractivity contribution in [2.45, 2.75) is 26.0 Å². The van der Waals surface area contributed by atoms with E-state index in [4.69, 9.17) is 4.74 Å². The van der Waals surface area contributed by atoms with Gasteiger partial charge in [-0.15, -0.1) is 11.8 Å². The second kappa shape index (κ2) is 9.81. The number of carbonyl (C=O) groups is 2. The molecule has 8 nitrogen and oxygen atoms in total. The van der Waals surface area contributed by atoms with Crippen LogP contribution in [0.4, 0.5) is 10.5 Å². The molecule has 1 fully saturated rings. The lowest BCUT2D eigenvalue weighted by Crippen LogP contribution is -2.56. The van der Waals surface area contributed by atoms with Crippen molar-refractivity contribution in [2.24, 2.45) is 5.92 Å². The maximum Gasteiger partial charge on any atom is 0.407 e. The Balaban J connectivity index is 1.56. The van der Waals surface area contributed by atoms with Gasteiger partial charge in [-0.25, -0.2) is 4.79 Å². The van der Waals surface area contributed by atoms with Crippen LogP contribution < -0.4 is 10.6 Å². The number of hydrogen-bond donors (Lipinski definition) is 2. The number of non-ortho nitro benzene ring substituents is 1. The molecule has 0 aliphatic carbocycles. The van der Waals surface area contributed by atoms with Crippen molar-refractivity contribution in [3.05, 3.63) is 51.4 Å². The van der Waals surface area contributed by atoms with E-state index in [9.17, 15) is 19.7 Å². The smallest absolute Gasteiger partial charge is 0.407 e. The molecule has 0 aromatic heterocycles. The van der Waals surface area contributed by atoms with E-state index in [1.165, 1.54) is 23.9 Å². The van der Waals surface area contributed by atoms with Crippen molar-refractivity contribution < 1.29 is 19.2 Å². The van der Waals surface area contributed by atoms with E-state index in [-0.39, 0.29) is 30.2 Å². The number of thioether (sulfide) groups is 1. The number of hydrogen-bond acceptors (Lipinski definition) is 6. The Bertz CT molecular complexity index is 677. The number of nitro benzene ring substituents is 1. The Kier molecular flexibility index (Phi) is 7.46. The van der Waals surface area contributed by atoms with Crippen LogP contribution in [0.1, 0.15) is 18.9 Å². The van der Waals surface area contributed by atoms with Crippen molar-refractivity contribution >= 4 is 29.4 Å². The first-order chi connectivity index (χ1) is 12.5. The highest BCUT2D eigenvalue weighted by molar-refractivity contribution is 8.02. The minimum atomic E-state index is -0.537. The Labute approximate surface area is 155 Å². The molecule has 1 aromatic carbocycles.